The second-order valence-electron chi connectivity index (χ2n) is 5.74. The quantitative estimate of drug-likeness (QED) is 0.885. The molecule has 1 fully saturated rings. The minimum absolute atomic E-state index is 0.915. The van der Waals surface area contributed by atoms with Crippen LogP contribution < -0.4 is 10.2 Å². The second-order valence-corrected chi connectivity index (χ2v) is 7.16. The molecule has 0 aliphatic carbocycles. The summed E-state index contributed by atoms with van der Waals surface area (Å²) in [6.07, 6.45) is 0. The van der Waals surface area contributed by atoms with E-state index in [0.29, 0.717) is 0 Å². The predicted octanol–water partition coefficient (Wildman–Crippen LogP) is 2.88. The molecule has 2 aromatic rings. The van der Waals surface area contributed by atoms with Crippen molar-refractivity contribution in [3.05, 3.63) is 53.6 Å². The van der Waals surface area contributed by atoms with Crippen LogP contribution in [0.15, 0.2) is 52.3 Å². The van der Waals surface area contributed by atoms with Crippen molar-refractivity contribution in [2.24, 2.45) is 0 Å². The molecule has 1 aliphatic rings. The van der Waals surface area contributed by atoms with Gasteiger partial charge in [-0.2, -0.15) is 0 Å². The van der Waals surface area contributed by atoms with Crippen molar-refractivity contribution in [1.82, 2.24) is 5.32 Å². The molecule has 1 atom stereocenters. The van der Waals surface area contributed by atoms with Crippen molar-refractivity contribution in [3.8, 4) is 0 Å². The van der Waals surface area contributed by atoms with Gasteiger partial charge in [-0.05, 0) is 37.6 Å². The maximum atomic E-state index is 13.2. The fourth-order valence-corrected chi connectivity index (χ4v) is 4.29. The Kier molecular flexibility index (Phi) is 4.71. The first-order valence-electron chi connectivity index (χ1n) is 7.70. The van der Waals surface area contributed by atoms with Gasteiger partial charge in [0.25, 0.3) is 0 Å². The van der Waals surface area contributed by atoms with Crippen LogP contribution in [0.5, 0.6) is 0 Å². The summed E-state index contributed by atoms with van der Waals surface area (Å²) in [6, 6.07) is 14.2. The smallest absolute Gasteiger partial charge is 0.181 e. The predicted molar refractivity (Wildman–Crippen MR) is 92.1 cm³/mol. The molecule has 4 heteroatoms. The molecule has 1 aliphatic heterocycles. The van der Waals surface area contributed by atoms with Crippen LogP contribution in [0, 0.1) is 13.8 Å². The number of hydrogen-bond donors (Lipinski definition) is 1. The van der Waals surface area contributed by atoms with E-state index in [1.54, 1.807) is 0 Å². The standard InChI is InChI=1S/C18H22N2OS/c1-14-7-8-15(2)18(13-14)22(21)17-6-4-3-5-16(17)20-11-9-19-10-12-20/h3-8,13,19H,9-12H2,1-2H3. The van der Waals surface area contributed by atoms with Gasteiger partial charge >= 0.3 is 0 Å². The second kappa shape index (κ2) is 6.73. The minimum atomic E-state index is -1.14. The van der Waals surface area contributed by atoms with E-state index in [1.165, 1.54) is 0 Å². The van der Waals surface area contributed by atoms with Gasteiger partial charge in [0.2, 0.25) is 0 Å². The van der Waals surface area contributed by atoms with Crippen LogP contribution in [0.2, 0.25) is 0 Å². The molecule has 1 unspecified atom stereocenters. The van der Waals surface area contributed by atoms with Crippen LogP contribution in [0.25, 0.3) is 0 Å². The van der Waals surface area contributed by atoms with Gasteiger partial charge in [0.1, 0.15) is 0 Å². The van der Waals surface area contributed by atoms with Gasteiger partial charge in [-0.3, -0.25) is 0 Å². The molecule has 3 nitrogen and oxygen atoms in total. The molecule has 2 aromatic carbocycles. The summed E-state index contributed by atoms with van der Waals surface area (Å²) in [5, 5.41) is 3.36. The van der Waals surface area contributed by atoms with Gasteiger partial charge in [-0.1, -0.05) is 24.3 Å². The highest BCUT2D eigenvalue weighted by Crippen LogP contribution is 2.32. The van der Waals surface area contributed by atoms with Crippen molar-refractivity contribution in [2.75, 3.05) is 31.1 Å². The van der Waals surface area contributed by atoms with Crippen molar-refractivity contribution in [3.63, 3.8) is 0 Å². The fourth-order valence-electron chi connectivity index (χ4n) is 2.81. The number of hydrogen-bond acceptors (Lipinski definition) is 3. The van der Waals surface area contributed by atoms with Gasteiger partial charge < -0.3 is 14.8 Å². The Morgan fingerprint density at radius 3 is 2.50 bits per heavy atom. The molecule has 0 amide bonds. The Hall–Kier alpha value is -1.49. The zero-order valence-corrected chi connectivity index (χ0v) is 14.0. The van der Waals surface area contributed by atoms with Crippen LogP contribution in [0.1, 0.15) is 11.1 Å². The molecule has 0 aromatic heterocycles. The average Bonchev–Trinajstić information content (AvgIpc) is 2.57. The molecule has 22 heavy (non-hydrogen) atoms. The number of piperazine rings is 1. The lowest BCUT2D eigenvalue weighted by atomic mass is 10.2. The van der Waals surface area contributed by atoms with E-state index in [-0.39, 0.29) is 0 Å². The molecular formula is C18H22N2OS. The van der Waals surface area contributed by atoms with Crippen LogP contribution in [0.4, 0.5) is 5.69 Å². The summed E-state index contributed by atoms with van der Waals surface area (Å²) in [5.41, 5.74) is 3.33. The lowest BCUT2D eigenvalue weighted by Crippen LogP contribution is -2.44. The first kappa shape index (κ1) is 15.4. The largest absolute Gasteiger partial charge is 0.606 e. The number of benzene rings is 2. The first-order valence-corrected chi connectivity index (χ1v) is 8.85. The van der Waals surface area contributed by atoms with Crippen LogP contribution >= 0.6 is 0 Å². The van der Waals surface area contributed by atoms with Crippen molar-refractivity contribution in [2.45, 2.75) is 23.6 Å². The number of rotatable bonds is 3. The Bertz CT molecular complexity index is 653. The maximum Gasteiger partial charge on any atom is 0.181 e. The average molecular weight is 314 g/mol. The monoisotopic (exact) mass is 314 g/mol. The summed E-state index contributed by atoms with van der Waals surface area (Å²) in [4.78, 5) is 4.16. The molecule has 0 radical (unpaired) electrons. The first-order chi connectivity index (χ1) is 10.7. The number of anilines is 1. The number of aryl methyl sites for hydroxylation is 2. The molecule has 116 valence electrons. The Labute approximate surface area is 135 Å². The Morgan fingerprint density at radius 1 is 1.00 bits per heavy atom. The highest BCUT2D eigenvalue weighted by atomic mass is 32.2. The third-order valence-corrected chi connectivity index (χ3v) is 5.65. The Balaban J connectivity index is 1.98. The highest BCUT2D eigenvalue weighted by molar-refractivity contribution is 7.91. The lowest BCUT2D eigenvalue weighted by molar-refractivity contribution is 0.579. The molecule has 1 N–H and O–H groups in total. The summed E-state index contributed by atoms with van der Waals surface area (Å²) >= 11 is -1.14. The SMILES string of the molecule is Cc1ccc(C)c([S+]([O-])c2ccccc2N2CCNCC2)c1. The Morgan fingerprint density at radius 2 is 1.73 bits per heavy atom. The lowest BCUT2D eigenvalue weighted by Gasteiger charge is -2.30. The summed E-state index contributed by atoms with van der Waals surface area (Å²) < 4.78 is 13.2. The molecular weight excluding hydrogens is 292 g/mol. The summed E-state index contributed by atoms with van der Waals surface area (Å²) in [5.74, 6) is 0. The summed E-state index contributed by atoms with van der Waals surface area (Å²) in [7, 11) is 0. The van der Waals surface area contributed by atoms with Crippen molar-refractivity contribution >= 4 is 16.9 Å². The normalized spacial score (nSPS) is 16.6. The zero-order chi connectivity index (χ0) is 15.5. The number of para-hydroxylation sites is 1. The van der Waals surface area contributed by atoms with Crippen molar-refractivity contribution in [1.29, 1.82) is 0 Å². The van der Waals surface area contributed by atoms with Gasteiger partial charge in [-0.15, -0.1) is 0 Å². The minimum Gasteiger partial charge on any atom is -0.606 e. The molecule has 1 saturated heterocycles. The molecule has 3 rings (SSSR count). The molecule has 0 bridgehead atoms. The number of nitrogens with one attached hydrogen (secondary N) is 1. The highest BCUT2D eigenvalue weighted by Gasteiger charge is 2.24. The zero-order valence-electron chi connectivity index (χ0n) is 13.1. The van der Waals surface area contributed by atoms with Crippen molar-refractivity contribution < 1.29 is 4.55 Å². The van der Waals surface area contributed by atoms with Crippen LogP contribution in [0.3, 0.4) is 0 Å². The van der Waals surface area contributed by atoms with Crippen LogP contribution in [-0.4, -0.2) is 30.7 Å². The third kappa shape index (κ3) is 3.14. The van der Waals surface area contributed by atoms with E-state index in [4.69, 9.17) is 0 Å². The van der Waals surface area contributed by atoms with Gasteiger partial charge in [0, 0.05) is 42.9 Å². The van der Waals surface area contributed by atoms with E-state index < -0.39 is 11.2 Å². The summed E-state index contributed by atoms with van der Waals surface area (Å²) in [6.45, 7) is 7.94. The number of nitrogens with zero attached hydrogens (tertiary/aromatic N) is 1. The molecule has 1 heterocycles. The van der Waals surface area contributed by atoms with Crippen LogP contribution in [-0.2, 0) is 11.2 Å². The molecule has 0 spiro atoms. The van der Waals surface area contributed by atoms with E-state index in [1.807, 2.05) is 38.1 Å². The third-order valence-electron chi connectivity index (χ3n) is 4.07. The van der Waals surface area contributed by atoms with E-state index >= 15 is 0 Å². The topological polar surface area (TPSA) is 38.3 Å². The van der Waals surface area contributed by atoms with E-state index in [2.05, 4.69) is 28.4 Å². The molecule has 0 saturated carbocycles. The van der Waals surface area contributed by atoms with Gasteiger partial charge in [0.15, 0.2) is 9.79 Å². The maximum absolute atomic E-state index is 13.2. The van der Waals surface area contributed by atoms with Gasteiger partial charge in [-0.25, -0.2) is 0 Å². The van der Waals surface area contributed by atoms with Gasteiger partial charge in [0.05, 0.1) is 5.69 Å². The van der Waals surface area contributed by atoms with E-state index in [9.17, 15) is 4.55 Å². The van der Waals surface area contributed by atoms with E-state index in [0.717, 1.165) is 52.8 Å². The fraction of sp³-hybridized carbons (Fsp3) is 0.333.